The maximum Gasteiger partial charge on any atom is 0.350 e. The Bertz CT molecular complexity index is 1830. The molecule has 1 aliphatic rings. The molecule has 0 radical (unpaired) electrons. The van der Waals surface area contributed by atoms with Crippen LogP contribution in [0.4, 0.5) is 5.13 Å². The molecule has 5 rings (SSSR count). The summed E-state index contributed by atoms with van der Waals surface area (Å²) in [6, 6.07) is 17.6. The topological polar surface area (TPSA) is 135 Å². The number of rotatable bonds is 10. The summed E-state index contributed by atoms with van der Waals surface area (Å²) in [4.78, 5) is 45.5. The third-order valence-corrected chi connectivity index (χ3v) is 8.23. The number of ketones is 1. The molecule has 1 amide bonds. The number of anilines is 1. The first-order chi connectivity index (χ1) is 21.6. The molecule has 4 aromatic rings. The quantitative estimate of drug-likeness (QED) is 0.0712. The number of hydrogen-bond acceptors (Lipinski definition) is 10. The highest BCUT2D eigenvalue weighted by molar-refractivity contribution is 7.17. The minimum Gasteiger partial charge on any atom is -0.507 e. The van der Waals surface area contributed by atoms with Crippen LogP contribution in [0.5, 0.6) is 17.2 Å². The number of aromatic nitrogens is 1. The maximum atomic E-state index is 13.6. The number of amides is 1. The highest BCUT2D eigenvalue weighted by Gasteiger charge is 2.48. The Morgan fingerprint density at radius 1 is 1.09 bits per heavy atom. The number of aliphatic hydroxyl groups is 1. The molecule has 1 aliphatic heterocycles. The Morgan fingerprint density at radius 3 is 2.53 bits per heavy atom. The van der Waals surface area contributed by atoms with Crippen molar-refractivity contribution in [3.05, 3.63) is 118 Å². The van der Waals surface area contributed by atoms with Gasteiger partial charge in [0.15, 0.2) is 16.6 Å². The van der Waals surface area contributed by atoms with E-state index in [-0.39, 0.29) is 39.3 Å². The van der Waals surface area contributed by atoms with Crippen molar-refractivity contribution in [3.63, 3.8) is 0 Å². The summed E-state index contributed by atoms with van der Waals surface area (Å²) in [7, 11) is 1.36. The fourth-order valence-electron chi connectivity index (χ4n) is 4.92. The number of carbonyl (C=O) groups excluding carboxylic acids is 3. The van der Waals surface area contributed by atoms with E-state index in [0.29, 0.717) is 23.6 Å². The van der Waals surface area contributed by atoms with Crippen molar-refractivity contribution in [1.29, 1.82) is 0 Å². The number of methoxy groups -OCH3 is 1. The van der Waals surface area contributed by atoms with Gasteiger partial charge in [-0.15, -0.1) is 0 Å². The molecule has 1 saturated heterocycles. The Morgan fingerprint density at radius 2 is 1.84 bits per heavy atom. The highest BCUT2D eigenvalue weighted by Crippen LogP contribution is 2.45. The van der Waals surface area contributed by atoms with E-state index >= 15 is 0 Å². The normalized spacial score (nSPS) is 15.6. The number of phenolic OH excluding ortho intramolecular Hbond substituents is 1. The average molecular weight is 627 g/mol. The number of esters is 1. The van der Waals surface area contributed by atoms with Crippen molar-refractivity contribution in [3.8, 4) is 17.2 Å². The summed E-state index contributed by atoms with van der Waals surface area (Å²) in [5, 5.41) is 21.8. The number of thiazole rings is 1. The van der Waals surface area contributed by atoms with Crippen LogP contribution < -0.4 is 14.4 Å². The Hall–Kier alpha value is -5.42. The van der Waals surface area contributed by atoms with E-state index in [1.165, 1.54) is 31.4 Å². The van der Waals surface area contributed by atoms with Gasteiger partial charge in [-0.05, 0) is 61.4 Å². The van der Waals surface area contributed by atoms with Crippen molar-refractivity contribution < 1.29 is 38.8 Å². The van der Waals surface area contributed by atoms with Crippen molar-refractivity contribution in [2.24, 2.45) is 0 Å². The number of aliphatic hydroxyl groups excluding tert-OH is 1. The lowest BCUT2D eigenvalue weighted by atomic mass is 9.95. The molecule has 2 N–H and O–H groups in total. The Kier molecular flexibility index (Phi) is 9.01. The molecule has 230 valence electrons. The Labute approximate surface area is 263 Å². The van der Waals surface area contributed by atoms with Gasteiger partial charge >= 0.3 is 11.9 Å². The number of carbonyl (C=O) groups is 3. The van der Waals surface area contributed by atoms with Gasteiger partial charge in [0, 0.05) is 5.56 Å². The number of ether oxygens (including phenoxy) is 3. The molecule has 0 aliphatic carbocycles. The second kappa shape index (κ2) is 13.1. The lowest BCUT2D eigenvalue weighted by molar-refractivity contribution is -0.132. The molecule has 45 heavy (non-hydrogen) atoms. The molecule has 11 heteroatoms. The minimum atomic E-state index is -1.17. The standard InChI is InChI=1S/C34H30N2O8S/c1-5-15-43-33(41)31-20(3)35-34(45-31)36-28(23-11-14-25(37)26(17-23)42-4)27(30(39)32(36)40)29(38)22-9-12-24(13-10-22)44-18-21-8-6-7-19(2)16-21/h5-14,16-17,28,37-38H,1,15,18H2,2-4H3/b29-27+. The molecular formula is C34H30N2O8S. The minimum absolute atomic E-state index is 0.0148. The van der Waals surface area contributed by atoms with Gasteiger partial charge in [-0.1, -0.05) is 59.9 Å². The number of Topliss-reactive ketones (excluding diaryl/α,β-unsaturated/α-hetero) is 1. The van der Waals surface area contributed by atoms with Crippen LogP contribution >= 0.6 is 11.3 Å². The van der Waals surface area contributed by atoms with E-state index in [4.69, 9.17) is 14.2 Å². The van der Waals surface area contributed by atoms with Gasteiger partial charge in [0.25, 0.3) is 5.78 Å². The van der Waals surface area contributed by atoms with E-state index in [1.807, 2.05) is 31.2 Å². The van der Waals surface area contributed by atoms with E-state index in [9.17, 15) is 24.6 Å². The predicted octanol–water partition coefficient (Wildman–Crippen LogP) is 6.02. The predicted molar refractivity (Wildman–Crippen MR) is 169 cm³/mol. The third-order valence-electron chi connectivity index (χ3n) is 7.09. The zero-order valence-electron chi connectivity index (χ0n) is 24.8. The summed E-state index contributed by atoms with van der Waals surface area (Å²) in [5.41, 5.74) is 2.84. The molecule has 2 heterocycles. The number of aromatic hydroxyl groups is 1. The van der Waals surface area contributed by atoms with Crippen molar-refractivity contribution in [2.75, 3.05) is 18.6 Å². The van der Waals surface area contributed by atoms with Crippen molar-refractivity contribution >= 4 is 39.9 Å². The molecule has 3 aromatic carbocycles. The molecule has 0 saturated carbocycles. The summed E-state index contributed by atoms with van der Waals surface area (Å²) in [6.45, 7) is 7.45. The molecule has 1 aromatic heterocycles. The van der Waals surface area contributed by atoms with Gasteiger partial charge in [0.1, 0.15) is 29.6 Å². The molecule has 1 unspecified atom stereocenters. The zero-order chi connectivity index (χ0) is 32.2. The number of nitrogens with zero attached hydrogens (tertiary/aromatic N) is 2. The summed E-state index contributed by atoms with van der Waals surface area (Å²) in [6.07, 6.45) is 1.43. The second-order valence-corrected chi connectivity index (χ2v) is 11.2. The van der Waals surface area contributed by atoms with Crippen LogP contribution in [0, 0.1) is 13.8 Å². The molecule has 1 fully saturated rings. The van der Waals surface area contributed by atoms with Crippen LogP contribution in [0.1, 0.15) is 43.7 Å². The van der Waals surface area contributed by atoms with Gasteiger partial charge in [-0.25, -0.2) is 9.78 Å². The van der Waals surface area contributed by atoms with E-state index in [1.54, 1.807) is 31.2 Å². The van der Waals surface area contributed by atoms with Crippen LogP contribution in [0.2, 0.25) is 0 Å². The molecule has 1 atom stereocenters. The first-order valence-electron chi connectivity index (χ1n) is 13.8. The highest BCUT2D eigenvalue weighted by atomic mass is 32.1. The average Bonchev–Trinajstić information content (AvgIpc) is 3.55. The summed E-state index contributed by atoms with van der Waals surface area (Å²) in [5.74, 6) is -2.49. The smallest absolute Gasteiger partial charge is 0.350 e. The summed E-state index contributed by atoms with van der Waals surface area (Å²) < 4.78 is 16.3. The van der Waals surface area contributed by atoms with Crippen LogP contribution in [0.15, 0.2) is 85.0 Å². The van der Waals surface area contributed by atoms with Crippen LogP contribution in [-0.4, -0.2) is 46.6 Å². The number of hydrogen-bond donors (Lipinski definition) is 2. The fraction of sp³-hybridized carbons (Fsp3) is 0.176. The fourth-order valence-corrected chi connectivity index (χ4v) is 5.90. The molecular weight excluding hydrogens is 596 g/mol. The van der Waals surface area contributed by atoms with Crippen LogP contribution in [0.25, 0.3) is 5.76 Å². The van der Waals surface area contributed by atoms with Crippen molar-refractivity contribution in [2.45, 2.75) is 26.5 Å². The molecule has 0 spiro atoms. The first kappa shape index (κ1) is 31.0. The van der Waals surface area contributed by atoms with Gasteiger partial charge in [-0.2, -0.15) is 0 Å². The van der Waals surface area contributed by atoms with Gasteiger partial charge in [0.05, 0.1) is 24.4 Å². The van der Waals surface area contributed by atoms with Crippen LogP contribution in [-0.2, 0) is 20.9 Å². The number of phenols is 1. The second-order valence-electron chi connectivity index (χ2n) is 10.2. The van der Waals surface area contributed by atoms with Gasteiger partial charge in [-0.3, -0.25) is 14.5 Å². The monoisotopic (exact) mass is 626 g/mol. The van der Waals surface area contributed by atoms with E-state index in [0.717, 1.165) is 27.4 Å². The SMILES string of the molecule is C=CCOC(=O)c1sc(N2C(=O)C(=O)/C(=C(/O)c3ccc(OCc4cccc(C)c4)cc3)C2c2ccc(O)c(OC)c2)nc1C. The lowest BCUT2D eigenvalue weighted by Gasteiger charge is -2.23. The van der Waals surface area contributed by atoms with Crippen LogP contribution in [0.3, 0.4) is 0 Å². The largest absolute Gasteiger partial charge is 0.507 e. The Balaban J connectivity index is 1.55. The zero-order valence-corrected chi connectivity index (χ0v) is 25.6. The number of aryl methyl sites for hydroxylation is 2. The first-order valence-corrected chi connectivity index (χ1v) is 14.7. The van der Waals surface area contributed by atoms with E-state index in [2.05, 4.69) is 11.6 Å². The molecule has 10 nitrogen and oxygen atoms in total. The number of benzene rings is 3. The summed E-state index contributed by atoms with van der Waals surface area (Å²) >= 11 is 0.880. The maximum absolute atomic E-state index is 13.6. The molecule has 0 bridgehead atoms. The van der Waals surface area contributed by atoms with E-state index < -0.39 is 29.5 Å². The van der Waals surface area contributed by atoms with Crippen molar-refractivity contribution in [1.82, 2.24) is 4.98 Å². The third kappa shape index (κ3) is 6.29. The van der Waals surface area contributed by atoms with Gasteiger partial charge in [0.2, 0.25) is 0 Å². The lowest BCUT2D eigenvalue weighted by Crippen LogP contribution is -2.29. The van der Waals surface area contributed by atoms with Gasteiger partial charge < -0.3 is 24.4 Å².